The SMILES string of the molecule is Cc1ccc(C)c(S(=O)(=O)N(CC(=O)O)Cc2c(Cl)cccc2Cl)c1. The van der Waals surface area contributed by atoms with Crippen LogP contribution in [0.1, 0.15) is 16.7 Å². The molecule has 0 aliphatic carbocycles. The second kappa shape index (κ2) is 7.74. The quantitative estimate of drug-likeness (QED) is 0.796. The Labute approximate surface area is 156 Å². The van der Waals surface area contributed by atoms with Crippen molar-refractivity contribution in [3.8, 4) is 0 Å². The highest BCUT2D eigenvalue weighted by Crippen LogP contribution is 2.29. The van der Waals surface area contributed by atoms with Gasteiger partial charge in [-0.25, -0.2) is 8.42 Å². The van der Waals surface area contributed by atoms with Crippen LogP contribution in [-0.4, -0.2) is 30.3 Å². The second-order valence-corrected chi connectivity index (χ2v) is 8.36. The van der Waals surface area contributed by atoms with Crippen molar-refractivity contribution in [3.05, 3.63) is 63.1 Å². The van der Waals surface area contributed by atoms with Crippen LogP contribution in [0.15, 0.2) is 41.3 Å². The molecule has 5 nitrogen and oxygen atoms in total. The number of carboxylic acid groups (broad SMARTS) is 1. The summed E-state index contributed by atoms with van der Waals surface area (Å²) in [6, 6.07) is 9.78. The van der Waals surface area contributed by atoms with Crippen LogP contribution in [0.5, 0.6) is 0 Å². The van der Waals surface area contributed by atoms with Gasteiger partial charge in [-0.15, -0.1) is 0 Å². The number of halogens is 2. The van der Waals surface area contributed by atoms with Gasteiger partial charge in [-0.2, -0.15) is 4.31 Å². The van der Waals surface area contributed by atoms with E-state index in [1.807, 2.05) is 0 Å². The molecule has 2 aromatic rings. The van der Waals surface area contributed by atoms with Crippen molar-refractivity contribution >= 4 is 39.2 Å². The average molecular weight is 402 g/mol. The number of aliphatic carboxylic acids is 1. The highest BCUT2D eigenvalue weighted by atomic mass is 35.5. The Morgan fingerprint density at radius 3 is 2.28 bits per heavy atom. The summed E-state index contributed by atoms with van der Waals surface area (Å²) < 4.78 is 27.0. The molecule has 25 heavy (non-hydrogen) atoms. The van der Waals surface area contributed by atoms with Crippen LogP contribution in [0, 0.1) is 13.8 Å². The molecule has 0 heterocycles. The van der Waals surface area contributed by atoms with E-state index in [0.29, 0.717) is 11.1 Å². The van der Waals surface area contributed by atoms with Gasteiger partial charge in [-0.05, 0) is 43.2 Å². The van der Waals surface area contributed by atoms with Crippen molar-refractivity contribution < 1.29 is 18.3 Å². The standard InChI is InChI=1S/C17H17Cl2NO4S/c1-11-6-7-12(2)16(8-11)25(23,24)20(10-17(21)22)9-13-14(18)4-3-5-15(13)19/h3-8H,9-10H2,1-2H3,(H,21,22). The Hall–Kier alpha value is -1.60. The van der Waals surface area contributed by atoms with Gasteiger partial charge in [-0.1, -0.05) is 41.4 Å². The van der Waals surface area contributed by atoms with Crippen LogP contribution < -0.4 is 0 Å². The molecule has 0 fully saturated rings. The lowest BCUT2D eigenvalue weighted by atomic mass is 10.2. The summed E-state index contributed by atoms with van der Waals surface area (Å²) in [5.41, 5.74) is 1.66. The molecule has 134 valence electrons. The van der Waals surface area contributed by atoms with Crippen LogP contribution in [-0.2, 0) is 21.4 Å². The minimum Gasteiger partial charge on any atom is -0.480 e. The molecule has 0 spiro atoms. The molecule has 0 atom stereocenters. The van der Waals surface area contributed by atoms with Crippen molar-refractivity contribution in [3.63, 3.8) is 0 Å². The Morgan fingerprint density at radius 2 is 1.72 bits per heavy atom. The minimum atomic E-state index is -4.05. The third-order valence-electron chi connectivity index (χ3n) is 3.67. The van der Waals surface area contributed by atoms with Crippen molar-refractivity contribution in [1.29, 1.82) is 0 Å². The maximum absolute atomic E-state index is 13.0. The van der Waals surface area contributed by atoms with Gasteiger partial charge in [0, 0.05) is 22.2 Å². The fraction of sp³-hybridized carbons (Fsp3) is 0.235. The third-order valence-corrected chi connectivity index (χ3v) is 6.31. The molecule has 0 saturated carbocycles. The van der Waals surface area contributed by atoms with Gasteiger partial charge in [0.2, 0.25) is 10.0 Å². The zero-order valence-electron chi connectivity index (χ0n) is 13.7. The molecule has 0 aliphatic heterocycles. The molecule has 2 aromatic carbocycles. The molecule has 0 aliphatic rings. The second-order valence-electron chi connectivity index (χ2n) is 5.64. The third kappa shape index (κ3) is 4.52. The van der Waals surface area contributed by atoms with Gasteiger partial charge >= 0.3 is 5.97 Å². The van der Waals surface area contributed by atoms with Crippen LogP contribution in [0.25, 0.3) is 0 Å². The number of aryl methyl sites for hydroxylation is 2. The number of hydrogen-bond acceptors (Lipinski definition) is 3. The fourth-order valence-corrected chi connectivity index (χ4v) is 4.55. The van der Waals surface area contributed by atoms with Gasteiger partial charge in [0.1, 0.15) is 6.54 Å². The lowest BCUT2D eigenvalue weighted by Gasteiger charge is -2.23. The summed E-state index contributed by atoms with van der Waals surface area (Å²) in [4.78, 5) is 11.3. The maximum Gasteiger partial charge on any atom is 0.318 e. The Kier molecular flexibility index (Phi) is 6.11. The van der Waals surface area contributed by atoms with E-state index in [9.17, 15) is 13.2 Å². The lowest BCUT2D eigenvalue weighted by molar-refractivity contribution is -0.137. The zero-order valence-corrected chi connectivity index (χ0v) is 16.0. The first-order valence-electron chi connectivity index (χ1n) is 7.35. The van der Waals surface area contributed by atoms with E-state index in [1.54, 1.807) is 44.2 Å². The summed E-state index contributed by atoms with van der Waals surface area (Å²) in [6.07, 6.45) is 0. The predicted molar refractivity (Wildman–Crippen MR) is 97.6 cm³/mol. The first-order chi connectivity index (χ1) is 11.6. The summed E-state index contributed by atoms with van der Waals surface area (Å²) in [5, 5.41) is 9.72. The van der Waals surface area contributed by atoms with Crippen molar-refractivity contribution in [2.45, 2.75) is 25.3 Å². The van der Waals surface area contributed by atoms with Gasteiger partial charge in [0.05, 0.1) is 4.90 Å². The molecule has 0 aromatic heterocycles. The van der Waals surface area contributed by atoms with E-state index in [2.05, 4.69) is 0 Å². The average Bonchev–Trinajstić information content (AvgIpc) is 2.51. The van der Waals surface area contributed by atoms with E-state index < -0.39 is 22.5 Å². The maximum atomic E-state index is 13.0. The zero-order chi connectivity index (χ0) is 18.8. The number of sulfonamides is 1. The molecule has 0 saturated heterocycles. The number of rotatable bonds is 6. The molecule has 0 bridgehead atoms. The number of nitrogens with zero attached hydrogens (tertiary/aromatic N) is 1. The molecular weight excluding hydrogens is 385 g/mol. The Balaban J connectivity index is 2.53. The van der Waals surface area contributed by atoms with Crippen LogP contribution in [0.3, 0.4) is 0 Å². The number of hydrogen-bond donors (Lipinski definition) is 1. The smallest absolute Gasteiger partial charge is 0.318 e. The van der Waals surface area contributed by atoms with Gasteiger partial charge < -0.3 is 5.11 Å². The molecule has 0 radical (unpaired) electrons. The first kappa shape index (κ1) is 19.7. The summed E-state index contributed by atoms with van der Waals surface area (Å²) in [5.74, 6) is -1.27. The fourth-order valence-electron chi connectivity index (χ4n) is 2.36. The van der Waals surface area contributed by atoms with Gasteiger partial charge in [0.15, 0.2) is 0 Å². The largest absolute Gasteiger partial charge is 0.480 e. The van der Waals surface area contributed by atoms with Crippen LogP contribution in [0.2, 0.25) is 10.0 Å². The predicted octanol–water partition coefficient (Wildman–Crippen LogP) is 3.89. The molecule has 1 N–H and O–H groups in total. The minimum absolute atomic E-state index is 0.0666. The van der Waals surface area contributed by atoms with E-state index in [0.717, 1.165) is 9.87 Å². The topological polar surface area (TPSA) is 74.7 Å². The van der Waals surface area contributed by atoms with E-state index in [4.69, 9.17) is 28.3 Å². The number of benzene rings is 2. The summed E-state index contributed by atoms with van der Waals surface area (Å²) >= 11 is 12.2. The van der Waals surface area contributed by atoms with Crippen molar-refractivity contribution in [2.75, 3.05) is 6.54 Å². The van der Waals surface area contributed by atoms with E-state index >= 15 is 0 Å². The van der Waals surface area contributed by atoms with E-state index in [1.165, 1.54) is 6.07 Å². The highest BCUT2D eigenvalue weighted by molar-refractivity contribution is 7.89. The Morgan fingerprint density at radius 1 is 1.12 bits per heavy atom. The summed E-state index contributed by atoms with van der Waals surface area (Å²) in [7, 11) is -4.05. The normalized spacial score (nSPS) is 11.7. The van der Waals surface area contributed by atoms with E-state index in [-0.39, 0.29) is 21.5 Å². The van der Waals surface area contributed by atoms with Crippen molar-refractivity contribution in [2.24, 2.45) is 0 Å². The highest BCUT2D eigenvalue weighted by Gasteiger charge is 2.29. The van der Waals surface area contributed by atoms with Gasteiger partial charge in [-0.3, -0.25) is 4.79 Å². The molecule has 8 heteroatoms. The first-order valence-corrected chi connectivity index (χ1v) is 9.54. The van der Waals surface area contributed by atoms with Crippen LogP contribution in [0.4, 0.5) is 0 Å². The number of carboxylic acids is 1. The van der Waals surface area contributed by atoms with Crippen LogP contribution >= 0.6 is 23.2 Å². The number of carbonyl (C=O) groups is 1. The molecular formula is C17H17Cl2NO4S. The molecule has 0 unspecified atom stereocenters. The lowest BCUT2D eigenvalue weighted by Crippen LogP contribution is -2.35. The Bertz CT molecular complexity index is 893. The molecule has 2 rings (SSSR count). The monoisotopic (exact) mass is 401 g/mol. The molecule has 0 amide bonds. The van der Waals surface area contributed by atoms with Gasteiger partial charge in [0.25, 0.3) is 0 Å². The summed E-state index contributed by atoms with van der Waals surface area (Å²) in [6.45, 7) is 2.50. The van der Waals surface area contributed by atoms with Crippen molar-refractivity contribution in [1.82, 2.24) is 4.31 Å².